The third kappa shape index (κ3) is 6.92. The van der Waals surface area contributed by atoms with Crippen molar-refractivity contribution in [1.82, 2.24) is 15.2 Å². The lowest BCUT2D eigenvalue weighted by Crippen LogP contribution is -2.43. The highest BCUT2D eigenvalue weighted by Gasteiger charge is 2.27. The van der Waals surface area contributed by atoms with Gasteiger partial charge in [0.2, 0.25) is 0 Å². The zero-order chi connectivity index (χ0) is 18.4. The van der Waals surface area contributed by atoms with Crippen molar-refractivity contribution in [2.24, 2.45) is 0 Å². The maximum absolute atomic E-state index is 12.0. The first-order valence-corrected chi connectivity index (χ1v) is 9.87. The van der Waals surface area contributed by atoms with Crippen molar-refractivity contribution in [3.8, 4) is 0 Å². The molecule has 2 rings (SSSR count). The Morgan fingerprint density at radius 2 is 2.12 bits per heavy atom. The molecule has 1 saturated heterocycles. The summed E-state index contributed by atoms with van der Waals surface area (Å²) in [7, 11) is 0. The van der Waals surface area contributed by atoms with E-state index in [1.54, 1.807) is 16.2 Å². The van der Waals surface area contributed by atoms with Crippen LogP contribution in [0.2, 0.25) is 0 Å². The van der Waals surface area contributed by atoms with Crippen LogP contribution in [-0.4, -0.2) is 53.9 Å². The highest BCUT2D eigenvalue weighted by Crippen LogP contribution is 2.18. The Hall–Kier alpha value is -1.18. The number of carbonyl (C=O) groups excluding carboxylic acids is 1. The van der Waals surface area contributed by atoms with Crippen LogP contribution in [0.4, 0.5) is 4.79 Å². The fraction of sp³-hybridized carbons (Fsp3) is 0.778. The standard InChI is InChI=1S/C18H31N3O3S/c1-13(16-12-25-14(2)20-16)19-8-11-23-15-6-9-21(10-7-15)17(22)24-18(3,4)5/h12-13,15,19H,6-11H2,1-5H3. The molecule has 1 fully saturated rings. The summed E-state index contributed by atoms with van der Waals surface area (Å²) in [5.74, 6) is 0. The Morgan fingerprint density at radius 3 is 2.68 bits per heavy atom. The maximum Gasteiger partial charge on any atom is 0.410 e. The number of aryl methyl sites for hydroxylation is 1. The minimum atomic E-state index is -0.442. The van der Waals surface area contributed by atoms with Gasteiger partial charge in [-0.2, -0.15) is 0 Å². The second kappa shape index (κ2) is 8.96. The van der Waals surface area contributed by atoms with Gasteiger partial charge in [0, 0.05) is 31.1 Å². The maximum atomic E-state index is 12.0. The molecule has 0 aliphatic carbocycles. The summed E-state index contributed by atoms with van der Waals surface area (Å²) < 4.78 is 11.4. The van der Waals surface area contributed by atoms with Gasteiger partial charge in [-0.05, 0) is 47.5 Å². The molecule has 1 N–H and O–H groups in total. The van der Waals surface area contributed by atoms with Gasteiger partial charge in [-0.25, -0.2) is 9.78 Å². The molecule has 0 spiro atoms. The number of nitrogens with zero attached hydrogens (tertiary/aromatic N) is 2. The van der Waals surface area contributed by atoms with E-state index in [1.165, 1.54) is 0 Å². The molecular formula is C18H31N3O3S. The molecule has 0 radical (unpaired) electrons. The second-order valence-electron chi connectivity index (χ2n) is 7.50. The Balaban J connectivity index is 1.60. The fourth-order valence-corrected chi connectivity index (χ4v) is 3.42. The van der Waals surface area contributed by atoms with Crippen LogP contribution in [0.5, 0.6) is 0 Å². The predicted molar refractivity (Wildman–Crippen MR) is 100 cm³/mol. The van der Waals surface area contributed by atoms with Crippen molar-refractivity contribution in [3.63, 3.8) is 0 Å². The molecule has 7 heteroatoms. The third-order valence-corrected chi connectivity index (χ3v) is 4.87. The van der Waals surface area contributed by atoms with Crippen LogP contribution in [0, 0.1) is 6.92 Å². The summed E-state index contributed by atoms with van der Waals surface area (Å²) in [6, 6.07) is 0.238. The summed E-state index contributed by atoms with van der Waals surface area (Å²) in [5, 5.41) is 6.63. The first-order valence-electron chi connectivity index (χ1n) is 8.99. The topological polar surface area (TPSA) is 63.7 Å². The minimum Gasteiger partial charge on any atom is -0.444 e. The molecule has 1 aliphatic heterocycles. The van der Waals surface area contributed by atoms with Crippen LogP contribution < -0.4 is 5.32 Å². The summed E-state index contributed by atoms with van der Waals surface area (Å²) in [5.41, 5.74) is 0.649. The summed E-state index contributed by atoms with van der Waals surface area (Å²) in [4.78, 5) is 18.3. The van der Waals surface area contributed by atoms with Crippen LogP contribution in [0.15, 0.2) is 5.38 Å². The number of hydrogen-bond donors (Lipinski definition) is 1. The molecule has 0 saturated carbocycles. The SMILES string of the molecule is Cc1nc(C(C)NCCOC2CCN(C(=O)OC(C)(C)C)CC2)cs1. The van der Waals surface area contributed by atoms with E-state index < -0.39 is 5.60 Å². The van der Waals surface area contributed by atoms with Crippen LogP contribution >= 0.6 is 11.3 Å². The predicted octanol–water partition coefficient (Wildman–Crippen LogP) is 3.52. The molecule has 1 unspecified atom stereocenters. The van der Waals surface area contributed by atoms with E-state index in [9.17, 15) is 4.79 Å². The molecule has 1 aromatic heterocycles. The molecule has 0 bridgehead atoms. The lowest BCUT2D eigenvalue weighted by atomic mass is 10.1. The molecule has 1 aromatic rings. The van der Waals surface area contributed by atoms with E-state index in [0.717, 1.165) is 30.1 Å². The summed E-state index contributed by atoms with van der Waals surface area (Å²) in [6.45, 7) is 12.7. The van der Waals surface area contributed by atoms with Gasteiger partial charge in [0.25, 0.3) is 0 Å². The molecule has 2 heterocycles. The normalized spacial score (nSPS) is 17.6. The lowest BCUT2D eigenvalue weighted by molar-refractivity contribution is -0.0107. The minimum absolute atomic E-state index is 0.220. The number of thiazole rings is 1. The number of amides is 1. The van der Waals surface area contributed by atoms with Gasteiger partial charge < -0.3 is 19.7 Å². The highest BCUT2D eigenvalue weighted by molar-refractivity contribution is 7.09. The molecule has 1 amide bonds. The van der Waals surface area contributed by atoms with Crippen LogP contribution in [0.25, 0.3) is 0 Å². The number of piperidine rings is 1. The molecule has 0 aromatic carbocycles. The van der Waals surface area contributed by atoms with Gasteiger partial charge in [0.05, 0.1) is 23.4 Å². The summed E-state index contributed by atoms with van der Waals surface area (Å²) >= 11 is 1.68. The monoisotopic (exact) mass is 369 g/mol. The Bertz CT molecular complexity index is 548. The van der Waals surface area contributed by atoms with E-state index in [-0.39, 0.29) is 18.2 Å². The van der Waals surface area contributed by atoms with Gasteiger partial charge in [0.15, 0.2) is 0 Å². The number of aromatic nitrogens is 1. The van der Waals surface area contributed by atoms with E-state index in [2.05, 4.69) is 22.6 Å². The number of hydrogen-bond acceptors (Lipinski definition) is 6. The zero-order valence-corrected chi connectivity index (χ0v) is 16.8. The van der Waals surface area contributed by atoms with Crippen LogP contribution in [0.1, 0.15) is 57.3 Å². The lowest BCUT2D eigenvalue weighted by Gasteiger charge is -2.33. The average Bonchev–Trinajstić information content (AvgIpc) is 2.97. The highest BCUT2D eigenvalue weighted by atomic mass is 32.1. The van der Waals surface area contributed by atoms with Gasteiger partial charge in [-0.1, -0.05) is 0 Å². The first-order chi connectivity index (χ1) is 11.7. The van der Waals surface area contributed by atoms with Gasteiger partial charge >= 0.3 is 6.09 Å². The number of nitrogens with one attached hydrogen (secondary N) is 1. The van der Waals surface area contributed by atoms with E-state index >= 15 is 0 Å². The number of likely N-dealkylation sites (tertiary alicyclic amines) is 1. The molecular weight excluding hydrogens is 338 g/mol. The van der Waals surface area contributed by atoms with Crippen molar-refractivity contribution in [2.45, 2.75) is 65.2 Å². The van der Waals surface area contributed by atoms with E-state index in [0.29, 0.717) is 19.7 Å². The molecule has 1 aliphatic rings. The fourth-order valence-electron chi connectivity index (χ4n) is 2.72. The Morgan fingerprint density at radius 1 is 1.44 bits per heavy atom. The number of carbonyl (C=O) groups is 1. The van der Waals surface area contributed by atoms with E-state index in [4.69, 9.17) is 9.47 Å². The van der Waals surface area contributed by atoms with Crippen LogP contribution in [0.3, 0.4) is 0 Å². The zero-order valence-electron chi connectivity index (χ0n) is 16.0. The average molecular weight is 370 g/mol. The number of rotatable bonds is 6. The molecule has 1 atom stereocenters. The van der Waals surface area contributed by atoms with Crippen molar-refractivity contribution in [3.05, 3.63) is 16.1 Å². The Labute approximate surface area is 154 Å². The molecule has 25 heavy (non-hydrogen) atoms. The van der Waals surface area contributed by atoms with Gasteiger partial charge in [0.1, 0.15) is 5.60 Å². The molecule has 6 nitrogen and oxygen atoms in total. The van der Waals surface area contributed by atoms with E-state index in [1.807, 2.05) is 27.7 Å². The quantitative estimate of drug-likeness (QED) is 0.777. The summed E-state index contributed by atoms with van der Waals surface area (Å²) in [6.07, 6.45) is 1.72. The third-order valence-electron chi connectivity index (χ3n) is 4.08. The number of ether oxygens (including phenoxy) is 2. The van der Waals surface area contributed by atoms with Crippen molar-refractivity contribution < 1.29 is 14.3 Å². The smallest absolute Gasteiger partial charge is 0.410 e. The Kier molecular flexibility index (Phi) is 7.22. The van der Waals surface area contributed by atoms with Crippen molar-refractivity contribution in [1.29, 1.82) is 0 Å². The molecule has 142 valence electrons. The van der Waals surface area contributed by atoms with Crippen molar-refractivity contribution >= 4 is 17.4 Å². The van der Waals surface area contributed by atoms with Crippen molar-refractivity contribution in [2.75, 3.05) is 26.2 Å². The van der Waals surface area contributed by atoms with Crippen LogP contribution in [-0.2, 0) is 9.47 Å². The van der Waals surface area contributed by atoms with Gasteiger partial charge in [-0.15, -0.1) is 11.3 Å². The largest absolute Gasteiger partial charge is 0.444 e. The second-order valence-corrected chi connectivity index (χ2v) is 8.57. The first kappa shape index (κ1) is 20.1. The van der Waals surface area contributed by atoms with Gasteiger partial charge in [-0.3, -0.25) is 0 Å².